The number of amides is 2. The maximum atomic E-state index is 13.0. The van der Waals surface area contributed by atoms with Crippen molar-refractivity contribution < 1.29 is 9.59 Å². The first-order valence-corrected chi connectivity index (χ1v) is 14.0. The highest BCUT2D eigenvalue weighted by Crippen LogP contribution is 2.40. The molecule has 1 saturated heterocycles. The van der Waals surface area contributed by atoms with Crippen LogP contribution >= 0.6 is 0 Å². The lowest BCUT2D eigenvalue weighted by Gasteiger charge is -2.42. The topological polar surface area (TPSA) is 108 Å². The molecule has 5 heterocycles. The molecule has 2 amide bonds. The second-order valence-corrected chi connectivity index (χ2v) is 11.3. The fraction of sp³-hybridized carbons (Fsp3) is 0.536. The lowest BCUT2D eigenvalue weighted by Crippen LogP contribution is -2.53. The SMILES string of the molecule is O=C1NCC2(CCCCC2)n2c1cc1cnc(Nc3ccc(C(=O)N4CCN(C5CCC5)CC4)cn3)nc12. The van der Waals surface area contributed by atoms with Gasteiger partial charge in [0.05, 0.1) is 11.1 Å². The average molecular weight is 515 g/mol. The Morgan fingerprint density at radius 2 is 1.82 bits per heavy atom. The zero-order valence-electron chi connectivity index (χ0n) is 21.7. The van der Waals surface area contributed by atoms with E-state index in [1.54, 1.807) is 18.5 Å². The van der Waals surface area contributed by atoms with Gasteiger partial charge in [-0.25, -0.2) is 9.97 Å². The molecular formula is C28H34N8O2. The lowest BCUT2D eigenvalue weighted by atomic mass is 9.80. The van der Waals surface area contributed by atoms with Crippen LogP contribution in [0.15, 0.2) is 30.6 Å². The Kier molecular flexibility index (Phi) is 5.79. The number of carbonyl (C=O) groups excluding carboxylic acids is 2. The second-order valence-electron chi connectivity index (χ2n) is 11.3. The van der Waals surface area contributed by atoms with Gasteiger partial charge in [0, 0.05) is 56.5 Å². The number of aromatic nitrogens is 4. The molecule has 38 heavy (non-hydrogen) atoms. The van der Waals surface area contributed by atoms with E-state index in [0.717, 1.165) is 68.9 Å². The summed E-state index contributed by atoms with van der Waals surface area (Å²) >= 11 is 0. The maximum Gasteiger partial charge on any atom is 0.268 e. The van der Waals surface area contributed by atoms with Crippen molar-refractivity contribution in [2.45, 2.75) is 62.9 Å². The number of piperazine rings is 1. The van der Waals surface area contributed by atoms with Gasteiger partial charge in [0.2, 0.25) is 5.95 Å². The summed E-state index contributed by atoms with van der Waals surface area (Å²) in [6.45, 7) is 4.09. The molecular weight excluding hydrogens is 480 g/mol. The van der Waals surface area contributed by atoms with E-state index in [-0.39, 0.29) is 17.4 Å². The summed E-state index contributed by atoms with van der Waals surface area (Å²) in [5.41, 5.74) is 1.91. The molecule has 0 unspecified atom stereocenters. The normalized spacial score (nSPS) is 21.7. The molecule has 1 spiro atoms. The molecule has 7 rings (SSSR count). The number of nitrogens with one attached hydrogen (secondary N) is 2. The van der Waals surface area contributed by atoms with Gasteiger partial charge >= 0.3 is 0 Å². The van der Waals surface area contributed by atoms with Gasteiger partial charge in [-0.05, 0) is 43.9 Å². The molecule has 0 atom stereocenters. The predicted octanol–water partition coefficient (Wildman–Crippen LogP) is 3.28. The van der Waals surface area contributed by atoms with Gasteiger partial charge in [0.15, 0.2) is 0 Å². The summed E-state index contributed by atoms with van der Waals surface area (Å²) in [4.78, 5) is 44.0. The monoisotopic (exact) mass is 514 g/mol. The fourth-order valence-electron chi connectivity index (χ4n) is 6.65. The second kappa shape index (κ2) is 9.34. The van der Waals surface area contributed by atoms with E-state index >= 15 is 0 Å². The molecule has 4 aliphatic rings. The summed E-state index contributed by atoms with van der Waals surface area (Å²) in [5.74, 6) is 0.978. The molecule has 0 bridgehead atoms. The molecule has 2 aliphatic heterocycles. The predicted molar refractivity (Wildman–Crippen MR) is 144 cm³/mol. The van der Waals surface area contributed by atoms with Crippen LogP contribution in [0.3, 0.4) is 0 Å². The average Bonchev–Trinajstić information content (AvgIpc) is 3.32. The Bertz CT molecular complexity index is 1370. The van der Waals surface area contributed by atoms with Crippen molar-refractivity contribution >= 4 is 34.6 Å². The van der Waals surface area contributed by atoms with E-state index in [0.29, 0.717) is 29.6 Å². The summed E-state index contributed by atoms with van der Waals surface area (Å²) in [5, 5.41) is 7.15. The van der Waals surface area contributed by atoms with Gasteiger partial charge in [-0.3, -0.25) is 14.5 Å². The van der Waals surface area contributed by atoms with Crippen LogP contribution in [-0.2, 0) is 5.54 Å². The number of fused-ring (bicyclic) bond motifs is 4. The van der Waals surface area contributed by atoms with Gasteiger partial charge in [0.1, 0.15) is 17.2 Å². The molecule has 198 valence electrons. The van der Waals surface area contributed by atoms with Crippen molar-refractivity contribution in [1.82, 2.24) is 34.6 Å². The van der Waals surface area contributed by atoms with Gasteiger partial charge in [0.25, 0.3) is 11.8 Å². The third-order valence-electron chi connectivity index (χ3n) is 9.05. The van der Waals surface area contributed by atoms with Gasteiger partial charge < -0.3 is 20.1 Å². The number of pyridine rings is 1. The van der Waals surface area contributed by atoms with Crippen LogP contribution < -0.4 is 10.6 Å². The van der Waals surface area contributed by atoms with Crippen molar-refractivity contribution in [1.29, 1.82) is 0 Å². The van der Waals surface area contributed by atoms with E-state index < -0.39 is 0 Å². The summed E-state index contributed by atoms with van der Waals surface area (Å²) < 4.78 is 2.16. The molecule has 2 saturated carbocycles. The van der Waals surface area contributed by atoms with Crippen molar-refractivity contribution in [3.05, 3.63) is 41.9 Å². The Labute approximate surface area is 221 Å². The van der Waals surface area contributed by atoms with Gasteiger partial charge in [-0.1, -0.05) is 25.7 Å². The Morgan fingerprint density at radius 1 is 1.00 bits per heavy atom. The molecule has 10 heteroatoms. The maximum absolute atomic E-state index is 13.0. The third-order valence-corrected chi connectivity index (χ3v) is 9.05. The van der Waals surface area contributed by atoms with E-state index in [4.69, 9.17) is 4.98 Å². The number of hydrogen-bond donors (Lipinski definition) is 2. The number of nitrogens with zero attached hydrogens (tertiary/aromatic N) is 6. The molecule has 2 N–H and O–H groups in total. The van der Waals surface area contributed by atoms with E-state index in [1.807, 2.05) is 17.0 Å². The van der Waals surface area contributed by atoms with Crippen LogP contribution in [0, 0.1) is 0 Å². The van der Waals surface area contributed by atoms with Crippen LogP contribution in [0.5, 0.6) is 0 Å². The van der Waals surface area contributed by atoms with Crippen LogP contribution in [0.1, 0.15) is 72.2 Å². The van der Waals surface area contributed by atoms with Crippen LogP contribution in [0.4, 0.5) is 11.8 Å². The molecule has 0 radical (unpaired) electrons. The first-order valence-electron chi connectivity index (χ1n) is 14.0. The highest BCUT2D eigenvalue weighted by molar-refractivity contribution is 5.99. The number of hydrogen-bond acceptors (Lipinski definition) is 7. The Morgan fingerprint density at radius 3 is 2.53 bits per heavy atom. The van der Waals surface area contributed by atoms with Crippen molar-refractivity contribution in [2.24, 2.45) is 0 Å². The summed E-state index contributed by atoms with van der Waals surface area (Å²) in [6, 6.07) is 6.24. The zero-order valence-corrected chi connectivity index (χ0v) is 21.7. The molecule has 0 aromatic carbocycles. The van der Waals surface area contributed by atoms with E-state index in [1.165, 1.54) is 25.7 Å². The molecule has 10 nitrogen and oxygen atoms in total. The van der Waals surface area contributed by atoms with E-state index in [9.17, 15) is 9.59 Å². The summed E-state index contributed by atoms with van der Waals surface area (Å²) in [7, 11) is 0. The van der Waals surface area contributed by atoms with Crippen molar-refractivity contribution in [2.75, 3.05) is 38.0 Å². The first kappa shape index (κ1) is 23.6. The first-order chi connectivity index (χ1) is 18.6. The molecule has 3 aromatic heterocycles. The molecule has 3 aromatic rings. The minimum absolute atomic E-state index is 0.0332. The number of carbonyl (C=O) groups is 2. The number of anilines is 2. The Balaban J connectivity index is 1.08. The fourth-order valence-corrected chi connectivity index (χ4v) is 6.65. The van der Waals surface area contributed by atoms with E-state index in [2.05, 4.69) is 30.1 Å². The van der Waals surface area contributed by atoms with Gasteiger partial charge in [-0.15, -0.1) is 0 Å². The quantitative estimate of drug-likeness (QED) is 0.550. The minimum Gasteiger partial charge on any atom is -0.348 e. The van der Waals surface area contributed by atoms with Crippen molar-refractivity contribution in [3.63, 3.8) is 0 Å². The lowest BCUT2D eigenvalue weighted by molar-refractivity contribution is 0.0455. The molecule has 3 fully saturated rings. The summed E-state index contributed by atoms with van der Waals surface area (Å²) in [6.07, 6.45) is 12.9. The third kappa shape index (κ3) is 4.02. The largest absolute Gasteiger partial charge is 0.348 e. The van der Waals surface area contributed by atoms with Crippen LogP contribution in [0.2, 0.25) is 0 Å². The Hall–Kier alpha value is -3.53. The standard InChI is InChI=1S/C28H34N8O2/c37-25-22-15-20-17-30-27(33-24(20)36(22)28(18-31-25)9-2-1-3-10-28)32-23-8-7-19(16-29-23)26(38)35-13-11-34(12-14-35)21-5-4-6-21/h7-8,15-17,21H,1-6,9-14,18H2,(H,31,37)(H,29,30,32,33). The molecule has 2 aliphatic carbocycles. The highest BCUT2D eigenvalue weighted by atomic mass is 16.2. The minimum atomic E-state index is -0.126. The van der Waals surface area contributed by atoms with Crippen LogP contribution in [-0.4, -0.2) is 79.9 Å². The number of rotatable bonds is 4. The highest BCUT2D eigenvalue weighted by Gasteiger charge is 2.41. The van der Waals surface area contributed by atoms with Crippen molar-refractivity contribution in [3.8, 4) is 0 Å². The van der Waals surface area contributed by atoms with Gasteiger partial charge in [-0.2, -0.15) is 4.98 Å². The van der Waals surface area contributed by atoms with Crippen LogP contribution in [0.25, 0.3) is 11.0 Å². The smallest absolute Gasteiger partial charge is 0.268 e. The zero-order chi connectivity index (χ0) is 25.7.